The first-order valence-corrected chi connectivity index (χ1v) is 9.33. The van der Waals surface area contributed by atoms with Crippen LogP contribution in [0.2, 0.25) is 5.02 Å². The molecule has 1 aliphatic heterocycles. The van der Waals surface area contributed by atoms with E-state index in [-0.39, 0.29) is 11.5 Å². The first kappa shape index (κ1) is 17.8. The molecule has 0 radical (unpaired) electrons. The third-order valence-corrected chi connectivity index (χ3v) is 5.83. The summed E-state index contributed by atoms with van der Waals surface area (Å²) in [5.41, 5.74) is 0.725. The molecular formula is C19H18ClNO3S. The maximum atomic E-state index is 12.5. The van der Waals surface area contributed by atoms with Crippen molar-refractivity contribution in [2.45, 2.75) is 23.0 Å². The van der Waals surface area contributed by atoms with Gasteiger partial charge in [0.2, 0.25) is 0 Å². The molecule has 4 nitrogen and oxygen atoms in total. The summed E-state index contributed by atoms with van der Waals surface area (Å²) in [5, 5.41) is 10.1. The number of rotatable bonds is 4. The van der Waals surface area contributed by atoms with E-state index in [0.717, 1.165) is 17.9 Å². The van der Waals surface area contributed by atoms with E-state index in [4.69, 9.17) is 16.7 Å². The number of thioether (sulfide) groups is 1. The fourth-order valence-corrected chi connectivity index (χ4v) is 4.07. The van der Waals surface area contributed by atoms with Crippen molar-refractivity contribution in [3.05, 3.63) is 64.7 Å². The maximum Gasteiger partial charge on any atom is 0.335 e. The van der Waals surface area contributed by atoms with E-state index in [1.165, 1.54) is 17.0 Å². The summed E-state index contributed by atoms with van der Waals surface area (Å²) < 4.78 is 0. The van der Waals surface area contributed by atoms with Crippen LogP contribution in [-0.4, -0.2) is 40.2 Å². The van der Waals surface area contributed by atoms with Gasteiger partial charge in [-0.3, -0.25) is 4.79 Å². The Morgan fingerprint density at radius 3 is 2.08 bits per heavy atom. The molecule has 1 fully saturated rings. The SMILES string of the molecule is O=C(O)c1ccc(C(=O)N2CCC(Sc3ccc(Cl)cc3)CC2)cc1. The van der Waals surface area contributed by atoms with E-state index in [0.29, 0.717) is 23.9 Å². The Kier molecular flexibility index (Phi) is 5.66. The molecule has 0 aromatic heterocycles. The average Bonchev–Trinajstić information content (AvgIpc) is 2.64. The van der Waals surface area contributed by atoms with Crippen molar-refractivity contribution in [3.8, 4) is 0 Å². The Morgan fingerprint density at radius 1 is 0.960 bits per heavy atom. The summed E-state index contributed by atoms with van der Waals surface area (Å²) in [5.74, 6) is -1.02. The Balaban J connectivity index is 1.55. The maximum absolute atomic E-state index is 12.5. The predicted molar refractivity (Wildman–Crippen MR) is 99.6 cm³/mol. The number of piperidine rings is 1. The van der Waals surface area contributed by atoms with Gasteiger partial charge < -0.3 is 10.0 Å². The van der Waals surface area contributed by atoms with Crippen LogP contribution in [0.1, 0.15) is 33.6 Å². The lowest BCUT2D eigenvalue weighted by Gasteiger charge is -2.31. The van der Waals surface area contributed by atoms with E-state index in [1.54, 1.807) is 12.1 Å². The van der Waals surface area contributed by atoms with Crippen molar-refractivity contribution in [1.29, 1.82) is 0 Å². The van der Waals surface area contributed by atoms with Crippen molar-refractivity contribution in [2.75, 3.05) is 13.1 Å². The Bertz CT molecular complexity index is 753. The van der Waals surface area contributed by atoms with Gasteiger partial charge in [-0.2, -0.15) is 0 Å². The Labute approximate surface area is 155 Å². The highest BCUT2D eigenvalue weighted by Gasteiger charge is 2.24. The predicted octanol–water partition coefficient (Wildman–Crippen LogP) is 4.44. The second-order valence-electron chi connectivity index (χ2n) is 5.95. The summed E-state index contributed by atoms with van der Waals surface area (Å²) in [6, 6.07) is 13.9. The highest BCUT2D eigenvalue weighted by Crippen LogP contribution is 2.31. The molecule has 0 unspecified atom stereocenters. The largest absolute Gasteiger partial charge is 0.478 e. The molecule has 0 saturated carbocycles. The number of benzene rings is 2. The number of hydrogen-bond acceptors (Lipinski definition) is 3. The number of carboxylic acid groups (broad SMARTS) is 1. The quantitative estimate of drug-likeness (QED) is 0.858. The number of nitrogens with zero attached hydrogens (tertiary/aromatic N) is 1. The van der Waals surface area contributed by atoms with Crippen molar-refractivity contribution >= 4 is 35.2 Å². The van der Waals surface area contributed by atoms with E-state index in [9.17, 15) is 9.59 Å². The van der Waals surface area contributed by atoms with Gasteiger partial charge >= 0.3 is 5.97 Å². The lowest BCUT2D eigenvalue weighted by atomic mass is 10.1. The molecule has 130 valence electrons. The summed E-state index contributed by atoms with van der Waals surface area (Å²) in [7, 11) is 0. The van der Waals surface area contributed by atoms with Gasteiger partial charge in [0.05, 0.1) is 5.56 Å². The van der Waals surface area contributed by atoms with Gasteiger partial charge in [0.1, 0.15) is 0 Å². The third kappa shape index (κ3) is 4.55. The minimum atomic E-state index is -0.987. The van der Waals surface area contributed by atoms with Crippen LogP contribution in [0.5, 0.6) is 0 Å². The number of carbonyl (C=O) groups excluding carboxylic acids is 1. The minimum Gasteiger partial charge on any atom is -0.478 e. The molecule has 6 heteroatoms. The van der Waals surface area contributed by atoms with Crippen LogP contribution in [0, 0.1) is 0 Å². The molecule has 1 N–H and O–H groups in total. The smallest absolute Gasteiger partial charge is 0.335 e. The molecule has 0 aliphatic carbocycles. The molecule has 2 aromatic carbocycles. The number of aromatic carboxylic acids is 1. The van der Waals surface area contributed by atoms with E-state index in [1.807, 2.05) is 40.9 Å². The average molecular weight is 376 g/mol. The molecule has 0 atom stereocenters. The van der Waals surface area contributed by atoms with Gasteiger partial charge in [-0.1, -0.05) is 11.6 Å². The first-order valence-electron chi connectivity index (χ1n) is 8.08. The molecule has 1 saturated heterocycles. The van der Waals surface area contributed by atoms with Crippen molar-refractivity contribution in [2.24, 2.45) is 0 Å². The number of amides is 1. The minimum absolute atomic E-state index is 0.0353. The summed E-state index contributed by atoms with van der Waals surface area (Å²) in [6.45, 7) is 1.43. The van der Waals surface area contributed by atoms with Crippen LogP contribution in [0.3, 0.4) is 0 Å². The molecule has 2 aromatic rings. The number of likely N-dealkylation sites (tertiary alicyclic amines) is 1. The Morgan fingerprint density at radius 2 is 1.52 bits per heavy atom. The lowest BCUT2D eigenvalue weighted by molar-refractivity contribution is 0.0691. The van der Waals surface area contributed by atoms with Gasteiger partial charge in [0, 0.05) is 33.8 Å². The number of hydrogen-bond donors (Lipinski definition) is 1. The molecule has 0 bridgehead atoms. The lowest BCUT2D eigenvalue weighted by Crippen LogP contribution is -2.39. The second-order valence-corrected chi connectivity index (χ2v) is 7.76. The standard InChI is InChI=1S/C19H18ClNO3S/c20-15-5-7-16(8-6-15)25-17-9-11-21(12-10-17)18(22)13-1-3-14(4-2-13)19(23)24/h1-8,17H,9-12H2,(H,23,24). The fraction of sp³-hybridized carbons (Fsp3) is 0.263. The third-order valence-electron chi connectivity index (χ3n) is 4.22. The normalized spacial score (nSPS) is 15.2. The van der Waals surface area contributed by atoms with Crippen LogP contribution in [0.25, 0.3) is 0 Å². The van der Waals surface area contributed by atoms with Gasteiger partial charge in [-0.25, -0.2) is 4.79 Å². The van der Waals surface area contributed by atoms with Crippen LogP contribution >= 0.6 is 23.4 Å². The van der Waals surface area contributed by atoms with Crippen molar-refractivity contribution < 1.29 is 14.7 Å². The molecular weight excluding hydrogens is 358 g/mol. The molecule has 3 rings (SSSR count). The van der Waals surface area contributed by atoms with Gasteiger partial charge in [-0.05, 0) is 61.4 Å². The topological polar surface area (TPSA) is 57.6 Å². The molecule has 0 spiro atoms. The van der Waals surface area contributed by atoms with Crippen LogP contribution in [0.4, 0.5) is 0 Å². The van der Waals surface area contributed by atoms with Gasteiger partial charge in [-0.15, -0.1) is 11.8 Å². The zero-order valence-electron chi connectivity index (χ0n) is 13.5. The highest BCUT2D eigenvalue weighted by molar-refractivity contribution is 8.00. The zero-order valence-corrected chi connectivity index (χ0v) is 15.1. The van der Waals surface area contributed by atoms with Crippen molar-refractivity contribution in [1.82, 2.24) is 4.90 Å². The molecule has 1 heterocycles. The van der Waals surface area contributed by atoms with E-state index in [2.05, 4.69) is 0 Å². The van der Waals surface area contributed by atoms with Gasteiger partial charge in [0.15, 0.2) is 0 Å². The van der Waals surface area contributed by atoms with Crippen LogP contribution in [-0.2, 0) is 0 Å². The van der Waals surface area contributed by atoms with Crippen molar-refractivity contribution in [3.63, 3.8) is 0 Å². The van der Waals surface area contributed by atoms with Gasteiger partial charge in [0.25, 0.3) is 5.91 Å². The van der Waals surface area contributed by atoms with Crippen LogP contribution in [0.15, 0.2) is 53.4 Å². The summed E-state index contributed by atoms with van der Waals surface area (Å²) in [6.07, 6.45) is 1.87. The zero-order chi connectivity index (χ0) is 17.8. The summed E-state index contributed by atoms with van der Waals surface area (Å²) in [4.78, 5) is 26.5. The monoisotopic (exact) mass is 375 g/mol. The molecule has 1 aliphatic rings. The Hall–Kier alpha value is -1.98. The number of carbonyl (C=O) groups is 2. The molecule has 25 heavy (non-hydrogen) atoms. The number of halogens is 1. The second kappa shape index (κ2) is 7.93. The molecule has 1 amide bonds. The number of carboxylic acids is 1. The van der Waals surface area contributed by atoms with E-state index >= 15 is 0 Å². The first-order chi connectivity index (χ1) is 12.0. The van der Waals surface area contributed by atoms with E-state index < -0.39 is 5.97 Å². The van der Waals surface area contributed by atoms with Crippen LogP contribution < -0.4 is 0 Å². The summed E-state index contributed by atoms with van der Waals surface area (Å²) >= 11 is 7.73. The fourth-order valence-electron chi connectivity index (χ4n) is 2.82. The highest BCUT2D eigenvalue weighted by atomic mass is 35.5.